The van der Waals surface area contributed by atoms with Crippen molar-refractivity contribution in [3.05, 3.63) is 23.0 Å². The molecular formula is C16H18N4O4. The summed E-state index contributed by atoms with van der Waals surface area (Å²) in [5, 5.41) is 20.1. The van der Waals surface area contributed by atoms with Crippen molar-refractivity contribution >= 4 is 11.9 Å². The summed E-state index contributed by atoms with van der Waals surface area (Å²) >= 11 is 0. The van der Waals surface area contributed by atoms with Crippen molar-refractivity contribution in [2.24, 2.45) is 10.2 Å². The predicted molar refractivity (Wildman–Crippen MR) is 83.7 cm³/mol. The summed E-state index contributed by atoms with van der Waals surface area (Å²) in [5.41, 5.74) is 0.528. The van der Waals surface area contributed by atoms with Gasteiger partial charge in [-0.15, -0.1) is 12.3 Å². The van der Waals surface area contributed by atoms with Crippen LogP contribution in [0.4, 0.5) is 0 Å². The van der Waals surface area contributed by atoms with Crippen molar-refractivity contribution < 1.29 is 19.4 Å². The number of carbonyl (C=O) groups excluding carboxylic acids is 1. The monoisotopic (exact) mass is 330 g/mol. The fourth-order valence-electron chi connectivity index (χ4n) is 2.83. The minimum absolute atomic E-state index is 0.109. The van der Waals surface area contributed by atoms with E-state index >= 15 is 0 Å². The number of fused-ring (bicyclic) bond motifs is 1. The molecule has 2 aliphatic heterocycles. The molecule has 24 heavy (non-hydrogen) atoms. The number of ether oxygens (including phenoxy) is 1. The highest BCUT2D eigenvalue weighted by molar-refractivity contribution is 5.98. The van der Waals surface area contributed by atoms with Gasteiger partial charge in [-0.05, 0) is 6.07 Å². The molecule has 3 rings (SSSR count). The second-order valence-electron chi connectivity index (χ2n) is 5.79. The zero-order valence-corrected chi connectivity index (χ0v) is 13.1. The largest absolute Gasteiger partial charge is 0.478 e. The molecule has 0 radical (unpaired) electrons. The lowest BCUT2D eigenvalue weighted by Gasteiger charge is -2.19. The molecule has 0 unspecified atom stereocenters. The zero-order chi connectivity index (χ0) is 17.2. The van der Waals surface area contributed by atoms with Gasteiger partial charge < -0.3 is 19.7 Å². The number of carboxylic acid groups (broad SMARTS) is 1. The molecule has 0 spiro atoms. The van der Waals surface area contributed by atoms with E-state index in [0.29, 0.717) is 50.3 Å². The lowest BCUT2D eigenvalue weighted by atomic mass is 10.0. The van der Waals surface area contributed by atoms with Crippen LogP contribution in [0.2, 0.25) is 0 Å². The van der Waals surface area contributed by atoms with Gasteiger partial charge in [-0.1, -0.05) is 0 Å². The van der Waals surface area contributed by atoms with Crippen molar-refractivity contribution in [1.82, 2.24) is 9.88 Å². The van der Waals surface area contributed by atoms with Gasteiger partial charge in [0.05, 0.1) is 24.5 Å². The number of terminal acetylenes is 1. The number of carbonyl (C=O) groups is 2. The van der Waals surface area contributed by atoms with Gasteiger partial charge in [0.1, 0.15) is 5.69 Å². The summed E-state index contributed by atoms with van der Waals surface area (Å²) in [6.07, 6.45) is 7.10. The first-order valence-corrected chi connectivity index (χ1v) is 7.75. The summed E-state index contributed by atoms with van der Waals surface area (Å²) in [4.78, 5) is 23.7. The summed E-state index contributed by atoms with van der Waals surface area (Å²) in [7, 11) is 0. The van der Waals surface area contributed by atoms with E-state index in [9.17, 15) is 14.7 Å². The van der Waals surface area contributed by atoms with Crippen LogP contribution >= 0.6 is 0 Å². The number of amides is 1. The van der Waals surface area contributed by atoms with Crippen LogP contribution < -0.4 is 5.32 Å². The van der Waals surface area contributed by atoms with Crippen molar-refractivity contribution in [2.45, 2.75) is 38.1 Å². The van der Waals surface area contributed by atoms with Crippen molar-refractivity contribution in [3.8, 4) is 12.3 Å². The average molecular weight is 330 g/mol. The molecule has 0 aliphatic carbocycles. The van der Waals surface area contributed by atoms with E-state index in [2.05, 4.69) is 21.5 Å². The van der Waals surface area contributed by atoms with E-state index in [1.54, 1.807) is 4.57 Å². The Balaban J connectivity index is 1.63. The van der Waals surface area contributed by atoms with Gasteiger partial charge >= 0.3 is 5.97 Å². The van der Waals surface area contributed by atoms with Crippen molar-refractivity contribution in [1.29, 1.82) is 0 Å². The van der Waals surface area contributed by atoms with E-state index in [-0.39, 0.29) is 18.1 Å². The maximum Gasteiger partial charge on any atom is 0.337 e. The Labute approximate surface area is 138 Å². The van der Waals surface area contributed by atoms with Gasteiger partial charge in [0, 0.05) is 32.4 Å². The van der Waals surface area contributed by atoms with E-state index in [1.807, 2.05) is 0 Å². The predicted octanol–water partition coefficient (Wildman–Crippen LogP) is 1.41. The third kappa shape index (κ3) is 3.16. The molecule has 0 saturated carbocycles. The van der Waals surface area contributed by atoms with E-state index < -0.39 is 11.6 Å². The smallest absolute Gasteiger partial charge is 0.337 e. The number of aromatic nitrogens is 1. The second kappa shape index (κ2) is 6.45. The first-order valence-electron chi connectivity index (χ1n) is 7.75. The third-order valence-corrected chi connectivity index (χ3v) is 4.23. The molecule has 1 aromatic rings. The highest BCUT2D eigenvalue weighted by Gasteiger charge is 2.38. The van der Waals surface area contributed by atoms with Gasteiger partial charge in [0.2, 0.25) is 0 Å². The van der Waals surface area contributed by atoms with Gasteiger partial charge in [-0.2, -0.15) is 10.2 Å². The Bertz CT molecular complexity index is 738. The fourth-order valence-corrected chi connectivity index (χ4v) is 2.83. The van der Waals surface area contributed by atoms with Crippen LogP contribution in [-0.4, -0.2) is 40.4 Å². The van der Waals surface area contributed by atoms with Crippen molar-refractivity contribution in [2.75, 3.05) is 13.2 Å². The van der Waals surface area contributed by atoms with Crippen LogP contribution in [0.25, 0.3) is 0 Å². The van der Waals surface area contributed by atoms with Crippen LogP contribution in [0.1, 0.15) is 45.8 Å². The topological polar surface area (TPSA) is 105 Å². The van der Waals surface area contributed by atoms with Gasteiger partial charge in [0.25, 0.3) is 5.91 Å². The second-order valence-corrected chi connectivity index (χ2v) is 5.79. The number of nitrogens with one attached hydrogen (secondary N) is 1. The first-order chi connectivity index (χ1) is 11.6. The SMILES string of the molecule is C#CCCC1(CCNC(=O)c2cc(C(=O)O)c3n2CCOC3)N=N1. The molecule has 8 nitrogen and oxygen atoms in total. The maximum atomic E-state index is 12.4. The number of carboxylic acids is 1. The summed E-state index contributed by atoms with van der Waals surface area (Å²) < 4.78 is 7.01. The number of rotatable bonds is 7. The number of hydrogen-bond donors (Lipinski definition) is 2. The normalized spacial score (nSPS) is 17.0. The maximum absolute atomic E-state index is 12.4. The molecule has 3 heterocycles. The average Bonchev–Trinajstić information content (AvgIpc) is 3.23. The lowest BCUT2D eigenvalue weighted by Crippen LogP contribution is -2.31. The Morgan fingerprint density at radius 3 is 2.92 bits per heavy atom. The van der Waals surface area contributed by atoms with Gasteiger partial charge in [-0.25, -0.2) is 4.79 Å². The molecule has 8 heteroatoms. The molecule has 0 fully saturated rings. The minimum Gasteiger partial charge on any atom is -0.478 e. The lowest BCUT2D eigenvalue weighted by molar-refractivity contribution is 0.0656. The first kappa shape index (κ1) is 16.2. The third-order valence-electron chi connectivity index (χ3n) is 4.23. The number of nitrogens with zero attached hydrogens (tertiary/aromatic N) is 3. The molecule has 0 aromatic carbocycles. The van der Waals surface area contributed by atoms with Crippen LogP contribution in [-0.2, 0) is 17.9 Å². The molecule has 2 N–H and O–H groups in total. The van der Waals surface area contributed by atoms with E-state index in [0.717, 1.165) is 0 Å². The van der Waals surface area contributed by atoms with E-state index in [1.165, 1.54) is 6.07 Å². The molecule has 0 saturated heterocycles. The Hall–Kier alpha value is -2.66. The Morgan fingerprint density at radius 2 is 2.25 bits per heavy atom. The standard InChI is InChI=1S/C16H18N4O4/c1-2-3-4-16(18-19-16)5-6-17-14(21)12-9-11(15(22)23)13-10-24-8-7-20(12)13/h1,9H,3-8,10H2,(H,17,21)(H,22,23). The zero-order valence-electron chi connectivity index (χ0n) is 13.1. The summed E-state index contributed by atoms with van der Waals surface area (Å²) in [6.45, 7) is 1.51. The molecule has 1 aromatic heterocycles. The minimum atomic E-state index is -1.06. The molecule has 0 atom stereocenters. The van der Waals surface area contributed by atoms with Crippen molar-refractivity contribution in [3.63, 3.8) is 0 Å². The number of aromatic carboxylic acids is 1. The quantitative estimate of drug-likeness (QED) is 0.737. The van der Waals surface area contributed by atoms with Crippen LogP contribution in [0.3, 0.4) is 0 Å². The summed E-state index contributed by atoms with van der Waals surface area (Å²) in [6, 6.07) is 1.40. The van der Waals surface area contributed by atoms with Crippen LogP contribution in [0.5, 0.6) is 0 Å². The molecule has 0 bridgehead atoms. The van der Waals surface area contributed by atoms with E-state index in [4.69, 9.17) is 11.2 Å². The van der Waals surface area contributed by atoms with Crippen LogP contribution in [0.15, 0.2) is 16.3 Å². The molecule has 2 aliphatic rings. The Morgan fingerprint density at radius 1 is 1.46 bits per heavy atom. The number of hydrogen-bond acceptors (Lipinski definition) is 5. The highest BCUT2D eigenvalue weighted by Crippen LogP contribution is 2.36. The molecular weight excluding hydrogens is 312 g/mol. The molecule has 1 amide bonds. The highest BCUT2D eigenvalue weighted by atomic mass is 16.5. The van der Waals surface area contributed by atoms with Gasteiger partial charge in [0.15, 0.2) is 5.66 Å². The molecule has 126 valence electrons. The summed E-state index contributed by atoms with van der Waals surface area (Å²) in [5.74, 6) is 1.19. The van der Waals surface area contributed by atoms with Crippen LogP contribution in [0, 0.1) is 12.3 Å². The fraction of sp³-hybridized carbons (Fsp3) is 0.500. The Kier molecular flexibility index (Phi) is 4.36. The van der Waals surface area contributed by atoms with Gasteiger partial charge in [-0.3, -0.25) is 4.79 Å².